The van der Waals surface area contributed by atoms with Crippen molar-refractivity contribution >= 4 is 23.3 Å². The minimum Gasteiger partial charge on any atom is -0.370 e. The molecule has 0 atom stereocenters. The van der Waals surface area contributed by atoms with E-state index in [0.717, 1.165) is 29.9 Å². The minimum absolute atomic E-state index is 0.0959. The molecule has 2 N–H and O–H groups in total. The van der Waals surface area contributed by atoms with E-state index in [1.165, 1.54) is 12.8 Å². The maximum atomic E-state index is 12.2. The van der Waals surface area contributed by atoms with E-state index in [9.17, 15) is 9.59 Å². The van der Waals surface area contributed by atoms with Gasteiger partial charge in [0.05, 0.1) is 18.4 Å². The first-order chi connectivity index (χ1) is 12.5. The standard InChI is InChI=1S/C20H24N4O2/c1-14-9-15(2)11-16(10-14)20(26)22-13-19(25)23-18-6-5-17(12-21-18)24-7-3-4-8-24/h5-6,9-12H,3-4,7-8,13H2,1-2H3,(H,22,26)(H,21,23,25). The molecule has 6 heteroatoms. The van der Waals surface area contributed by atoms with Gasteiger partial charge in [-0.15, -0.1) is 0 Å². The van der Waals surface area contributed by atoms with Gasteiger partial charge in [0.25, 0.3) is 5.91 Å². The van der Waals surface area contributed by atoms with Gasteiger partial charge in [-0.25, -0.2) is 4.98 Å². The molecule has 2 heterocycles. The molecule has 0 aliphatic carbocycles. The average molecular weight is 352 g/mol. The van der Waals surface area contributed by atoms with Crippen molar-refractivity contribution in [1.82, 2.24) is 10.3 Å². The second-order valence-electron chi connectivity index (χ2n) is 6.70. The fourth-order valence-electron chi connectivity index (χ4n) is 3.18. The number of benzene rings is 1. The quantitative estimate of drug-likeness (QED) is 0.868. The third-order valence-corrected chi connectivity index (χ3v) is 4.38. The van der Waals surface area contributed by atoms with Crippen LogP contribution in [0.5, 0.6) is 0 Å². The average Bonchev–Trinajstić information content (AvgIpc) is 3.14. The van der Waals surface area contributed by atoms with Crippen LogP contribution in [0.25, 0.3) is 0 Å². The number of nitrogens with zero attached hydrogens (tertiary/aromatic N) is 2. The topological polar surface area (TPSA) is 74.3 Å². The third-order valence-electron chi connectivity index (χ3n) is 4.38. The van der Waals surface area contributed by atoms with Crippen LogP contribution in [0.1, 0.15) is 34.3 Å². The maximum Gasteiger partial charge on any atom is 0.251 e. The number of rotatable bonds is 5. The molecule has 1 aliphatic heterocycles. The number of carbonyl (C=O) groups is 2. The van der Waals surface area contributed by atoms with E-state index in [-0.39, 0.29) is 18.4 Å². The molecule has 1 aliphatic rings. The Balaban J connectivity index is 1.51. The van der Waals surface area contributed by atoms with Crippen LogP contribution in [0.2, 0.25) is 0 Å². The molecule has 0 saturated carbocycles. The van der Waals surface area contributed by atoms with Gasteiger partial charge in [0.15, 0.2) is 0 Å². The van der Waals surface area contributed by atoms with Gasteiger partial charge in [-0.3, -0.25) is 9.59 Å². The van der Waals surface area contributed by atoms with E-state index >= 15 is 0 Å². The molecule has 0 bridgehead atoms. The number of pyridine rings is 1. The van der Waals surface area contributed by atoms with E-state index in [0.29, 0.717) is 11.4 Å². The van der Waals surface area contributed by atoms with E-state index in [1.54, 1.807) is 24.4 Å². The molecule has 0 spiro atoms. The van der Waals surface area contributed by atoms with Gasteiger partial charge < -0.3 is 15.5 Å². The summed E-state index contributed by atoms with van der Waals surface area (Å²) < 4.78 is 0. The lowest BCUT2D eigenvalue weighted by molar-refractivity contribution is -0.115. The summed E-state index contributed by atoms with van der Waals surface area (Å²) in [7, 11) is 0. The molecule has 6 nitrogen and oxygen atoms in total. The Morgan fingerprint density at radius 1 is 1.08 bits per heavy atom. The van der Waals surface area contributed by atoms with E-state index in [4.69, 9.17) is 0 Å². The van der Waals surface area contributed by atoms with Crippen molar-refractivity contribution in [1.29, 1.82) is 0 Å². The van der Waals surface area contributed by atoms with Crippen molar-refractivity contribution in [3.05, 3.63) is 53.2 Å². The second-order valence-corrected chi connectivity index (χ2v) is 6.70. The first-order valence-corrected chi connectivity index (χ1v) is 8.88. The summed E-state index contributed by atoms with van der Waals surface area (Å²) >= 11 is 0. The van der Waals surface area contributed by atoms with Crippen LogP contribution >= 0.6 is 0 Å². The Kier molecular flexibility index (Phi) is 5.51. The number of nitrogens with one attached hydrogen (secondary N) is 2. The number of amides is 2. The fourth-order valence-corrected chi connectivity index (χ4v) is 3.18. The summed E-state index contributed by atoms with van der Waals surface area (Å²) in [5.74, 6) is -0.0768. The van der Waals surface area contributed by atoms with Gasteiger partial charge in [-0.2, -0.15) is 0 Å². The Hall–Kier alpha value is -2.89. The highest BCUT2D eigenvalue weighted by molar-refractivity contribution is 5.99. The fraction of sp³-hybridized carbons (Fsp3) is 0.350. The number of hydrogen-bond donors (Lipinski definition) is 2. The van der Waals surface area contributed by atoms with Crippen molar-refractivity contribution < 1.29 is 9.59 Å². The zero-order valence-electron chi connectivity index (χ0n) is 15.2. The van der Waals surface area contributed by atoms with Gasteiger partial charge in [-0.1, -0.05) is 17.2 Å². The van der Waals surface area contributed by atoms with Crippen molar-refractivity contribution in [2.45, 2.75) is 26.7 Å². The highest BCUT2D eigenvalue weighted by atomic mass is 16.2. The molecule has 136 valence electrons. The maximum absolute atomic E-state index is 12.2. The zero-order valence-corrected chi connectivity index (χ0v) is 15.2. The summed E-state index contributed by atoms with van der Waals surface area (Å²) in [6.45, 7) is 5.89. The molecule has 0 radical (unpaired) electrons. The monoisotopic (exact) mass is 352 g/mol. The van der Waals surface area contributed by atoms with Gasteiger partial charge >= 0.3 is 0 Å². The summed E-state index contributed by atoms with van der Waals surface area (Å²) in [4.78, 5) is 30.8. The van der Waals surface area contributed by atoms with E-state index < -0.39 is 0 Å². The van der Waals surface area contributed by atoms with Crippen LogP contribution in [0.15, 0.2) is 36.5 Å². The first kappa shape index (κ1) is 17.9. The van der Waals surface area contributed by atoms with Crippen molar-refractivity contribution in [2.75, 3.05) is 29.9 Å². The highest BCUT2D eigenvalue weighted by Gasteiger charge is 2.13. The summed E-state index contributed by atoms with van der Waals surface area (Å²) in [6.07, 6.45) is 4.19. The van der Waals surface area contributed by atoms with Crippen LogP contribution < -0.4 is 15.5 Å². The van der Waals surface area contributed by atoms with Crippen LogP contribution in [-0.2, 0) is 4.79 Å². The van der Waals surface area contributed by atoms with Crippen molar-refractivity contribution in [3.63, 3.8) is 0 Å². The number of aromatic nitrogens is 1. The predicted molar refractivity (Wildman–Crippen MR) is 103 cm³/mol. The van der Waals surface area contributed by atoms with Gasteiger partial charge in [-0.05, 0) is 51.0 Å². The lowest BCUT2D eigenvalue weighted by atomic mass is 10.1. The molecule has 2 amide bonds. The summed E-state index contributed by atoms with van der Waals surface area (Å²) in [5.41, 5.74) is 3.66. The molecule has 2 aromatic rings. The lowest BCUT2D eigenvalue weighted by Gasteiger charge is -2.17. The molecule has 1 aromatic carbocycles. The Morgan fingerprint density at radius 3 is 2.38 bits per heavy atom. The first-order valence-electron chi connectivity index (χ1n) is 8.88. The van der Waals surface area contributed by atoms with E-state index in [1.807, 2.05) is 26.0 Å². The number of hydrogen-bond acceptors (Lipinski definition) is 4. The van der Waals surface area contributed by atoms with Crippen LogP contribution in [0, 0.1) is 13.8 Å². The normalized spacial score (nSPS) is 13.5. The Labute approximate surface area is 153 Å². The number of anilines is 2. The molecule has 1 aromatic heterocycles. The molecule has 1 fully saturated rings. The smallest absolute Gasteiger partial charge is 0.251 e. The molecular formula is C20H24N4O2. The molecule has 0 unspecified atom stereocenters. The molecular weight excluding hydrogens is 328 g/mol. The predicted octanol–water partition coefficient (Wildman–Crippen LogP) is 2.67. The number of aryl methyl sites for hydroxylation is 2. The van der Waals surface area contributed by atoms with Crippen LogP contribution in [-0.4, -0.2) is 36.4 Å². The van der Waals surface area contributed by atoms with Crippen molar-refractivity contribution in [3.8, 4) is 0 Å². The third kappa shape index (κ3) is 4.59. The Morgan fingerprint density at radius 2 is 1.77 bits per heavy atom. The molecule has 3 rings (SSSR count). The van der Waals surface area contributed by atoms with Crippen molar-refractivity contribution in [2.24, 2.45) is 0 Å². The van der Waals surface area contributed by atoms with Gasteiger partial charge in [0.2, 0.25) is 5.91 Å². The minimum atomic E-state index is -0.302. The van der Waals surface area contributed by atoms with Gasteiger partial charge in [0.1, 0.15) is 5.82 Å². The summed E-state index contributed by atoms with van der Waals surface area (Å²) in [6, 6.07) is 9.36. The van der Waals surface area contributed by atoms with Crippen LogP contribution in [0.4, 0.5) is 11.5 Å². The molecule has 26 heavy (non-hydrogen) atoms. The van der Waals surface area contributed by atoms with Gasteiger partial charge in [0, 0.05) is 18.7 Å². The second kappa shape index (κ2) is 7.99. The Bertz CT molecular complexity index is 776. The highest BCUT2D eigenvalue weighted by Crippen LogP contribution is 2.20. The summed E-state index contributed by atoms with van der Waals surface area (Å²) in [5, 5.41) is 5.35. The van der Waals surface area contributed by atoms with E-state index in [2.05, 4.69) is 20.5 Å². The van der Waals surface area contributed by atoms with Crippen LogP contribution in [0.3, 0.4) is 0 Å². The largest absolute Gasteiger partial charge is 0.370 e. The molecule has 1 saturated heterocycles. The zero-order chi connectivity index (χ0) is 18.5. The lowest BCUT2D eigenvalue weighted by Crippen LogP contribution is -2.33. The SMILES string of the molecule is Cc1cc(C)cc(C(=O)NCC(=O)Nc2ccc(N3CCCC3)cn2)c1. The number of carbonyl (C=O) groups excluding carboxylic acids is 2.